The number of hydrogen-bond acceptors (Lipinski definition) is 5. The predicted molar refractivity (Wildman–Crippen MR) is 105 cm³/mol. The lowest BCUT2D eigenvalue weighted by Gasteiger charge is -2.39. The van der Waals surface area contributed by atoms with Crippen molar-refractivity contribution in [3.05, 3.63) is 60.2 Å². The van der Waals surface area contributed by atoms with Crippen LogP contribution in [0.15, 0.2) is 48.8 Å². The van der Waals surface area contributed by atoms with E-state index < -0.39 is 16.1 Å². The number of rotatable bonds is 4. The van der Waals surface area contributed by atoms with Crippen LogP contribution in [0.4, 0.5) is 0 Å². The number of carbonyl (C=O) groups excluding carboxylic acids is 1. The number of para-hydroxylation sites is 2. The van der Waals surface area contributed by atoms with Gasteiger partial charge in [-0.15, -0.1) is 0 Å². The summed E-state index contributed by atoms with van der Waals surface area (Å²) in [6.45, 7) is 2.34. The Morgan fingerprint density at radius 2 is 2.04 bits per heavy atom. The van der Waals surface area contributed by atoms with E-state index in [1.165, 1.54) is 10.5 Å². The molecule has 1 amide bonds. The number of hydrogen-bond donors (Lipinski definition) is 1. The van der Waals surface area contributed by atoms with Gasteiger partial charge in [-0.2, -0.15) is 4.31 Å². The van der Waals surface area contributed by atoms with Gasteiger partial charge in [0.05, 0.1) is 22.3 Å². The summed E-state index contributed by atoms with van der Waals surface area (Å²) in [5, 5.41) is 0. The van der Waals surface area contributed by atoms with Crippen molar-refractivity contribution in [1.82, 2.24) is 24.2 Å². The van der Waals surface area contributed by atoms with Gasteiger partial charge in [0, 0.05) is 32.0 Å². The van der Waals surface area contributed by atoms with Crippen LogP contribution in [0, 0.1) is 0 Å². The van der Waals surface area contributed by atoms with Gasteiger partial charge in [-0.1, -0.05) is 12.1 Å². The highest BCUT2D eigenvalue weighted by molar-refractivity contribution is 7.89. The van der Waals surface area contributed by atoms with Crippen LogP contribution in [0.1, 0.15) is 29.1 Å². The number of nitrogens with zero attached hydrogens (tertiary/aromatic N) is 4. The van der Waals surface area contributed by atoms with Gasteiger partial charge in [-0.05, 0) is 31.2 Å². The number of pyridine rings is 1. The van der Waals surface area contributed by atoms with Crippen molar-refractivity contribution in [2.75, 3.05) is 25.4 Å². The molecule has 3 aromatic rings. The molecule has 3 heterocycles. The summed E-state index contributed by atoms with van der Waals surface area (Å²) in [7, 11) is -3.36. The van der Waals surface area contributed by atoms with Gasteiger partial charge >= 0.3 is 0 Å². The van der Waals surface area contributed by atoms with Crippen LogP contribution in [0.2, 0.25) is 0 Å². The van der Waals surface area contributed by atoms with Crippen LogP contribution >= 0.6 is 0 Å². The number of nitrogens with one attached hydrogen (secondary N) is 1. The summed E-state index contributed by atoms with van der Waals surface area (Å²) in [5.41, 5.74) is 2.10. The minimum absolute atomic E-state index is 0.0242. The van der Waals surface area contributed by atoms with E-state index in [2.05, 4.69) is 15.0 Å². The molecule has 1 saturated heterocycles. The normalized spacial score (nSPS) is 18.5. The van der Waals surface area contributed by atoms with Crippen LogP contribution in [0.3, 0.4) is 0 Å². The molecule has 1 N–H and O–H groups in total. The molecule has 8 nitrogen and oxygen atoms in total. The first kappa shape index (κ1) is 18.6. The molecule has 0 aliphatic carbocycles. The van der Waals surface area contributed by atoms with E-state index in [9.17, 15) is 13.2 Å². The smallest absolute Gasteiger partial charge is 0.256 e. The van der Waals surface area contributed by atoms with Gasteiger partial charge in [0.25, 0.3) is 5.91 Å². The Labute approximate surface area is 163 Å². The lowest BCUT2D eigenvalue weighted by molar-refractivity contribution is 0.0550. The number of aromatic nitrogens is 3. The van der Waals surface area contributed by atoms with Gasteiger partial charge in [0.15, 0.2) is 0 Å². The van der Waals surface area contributed by atoms with Crippen molar-refractivity contribution in [3.8, 4) is 0 Å². The van der Waals surface area contributed by atoms with Crippen molar-refractivity contribution < 1.29 is 13.2 Å². The summed E-state index contributed by atoms with van der Waals surface area (Å²) >= 11 is 0. The molecule has 1 unspecified atom stereocenters. The monoisotopic (exact) mass is 399 g/mol. The molecule has 1 aromatic carbocycles. The largest absolute Gasteiger partial charge is 0.340 e. The Balaban J connectivity index is 1.73. The fourth-order valence-corrected chi connectivity index (χ4v) is 4.55. The van der Waals surface area contributed by atoms with Gasteiger partial charge in [-0.3, -0.25) is 9.78 Å². The van der Waals surface area contributed by atoms with Gasteiger partial charge < -0.3 is 9.88 Å². The Morgan fingerprint density at radius 1 is 1.21 bits per heavy atom. The number of carbonyl (C=O) groups is 1. The van der Waals surface area contributed by atoms with Crippen LogP contribution in [0.5, 0.6) is 0 Å². The second-order valence-electron chi connectivity index (χ2n) is 6.65. The summed E-state index contributed by atoms with van der Waals surface area (Å²) in [6.07, 6.45) is 3.13. The number of fused-ring (bicyclic) bond motifs is 1. The molecular formula is C19H21N5O3S. The standard InChI is InChI=1S/C19H21N5O3S/c1-2-28(26,27)23-10-11-24(19(25)14-6-5-9-20-12-14)17(13-23)18-21-15-7-3-4-8-16(15)22-18/h3-9,12,17H,2,10-11,13H2,1H3,(H,21,22). The molecule has 1 atom stereocenters. The van der Waals surface area contributed by atoms with E-state index in [1.54, 1.807) is 30.2 Å². The fourth-order valence-electron chi connectivity index (χ4n) is 3.46. The van der Waals surface area contributed by atoms with Crippen LogP contribution < -0.4 is 0 Å². The zero-order chi connectivity index (χ0) is 19.7. The minimum Gasteiger partial charge on any atom is -0.340 e. The maximum Gasteiger partial charge on any atom is 0.256 e. The number of aromatic amines is 1. The quantitative estimate of drug-likeness (QED) is 0.721. The molecule has 146 valence electrons. The number of H-pyrrole nitrogens is 1. The highest BCUT2D eigenvalue weighted by atomic mass is 32.2. The third-order valence-electron chi connectivity index (χ3n) is 4.99. The van der Waals surface area contributed by atoms with E-state index >= 15 is 0 Å². The van der Waals surface area contributed by atoms with Crippen molar-refractivity contribution in [2.24, 2.45) is 0 Å². The minimum atomic E-state index is -3.36. The number of piperazine rings is 1. The van der Waals surface area contributed by atoms with Gasteiger partial charge in [0.2, 0.25) is 10.0 Å². The summed E-state index contributed by atoms with van der Waals surface area (Å²) in [6, 6.07) is 10.5. The summed E-state index contributed by atoms with van der Waals surface area (Å²) in [4.78, 5) is 26.7. The van der Waals surface area contributed by atoms with Gasteiger partial charge in [-0.25, -0.2) is 13.4 Å². The van der Waals surface area contributed by atoms with Crippen molar-refractivity contribution in [1.29, 1.82) is 0 Å². The molecule has 0 saturated carbocycles. The van der Waals surface area contributed by atoms with Crippen LogP contribution in [-0.2, 0) is 10.0 Å². The predicted octanol–water partition coefficient (Wildman–Crippen LogP) is 1.81. The molecule has 9 heteroatoms. The zero-order valence-electron chi connectivity index (χ0n) is 15.4. The Morgan fingerprint density at radius 3 is 2.75 bits per heavy atom. The second kappa shape index (κ2) is 7.33. The van der Waals surface area contributed by atoms with Gasteiger partial charge in [0.1, 0.15) is 11.9 Å². The first-order valence-corrected chi connectivity index (χ1v) is 10.7. The SMILES string of the molecule is CCS(=O)(=O)N1CCN(C(=O)c2cccnc2)C(c2nc3ccccc3[nH]2)C1. The summed E-state index contributed by atoms with van der Waals surface area (Å²) < 4.78 is 26.3. The molecule has 28 heavy (non-hydrogen) atoms. The maximum absolute atomic E-state index is 13.1. The Hall–Kier alpha value is -2.78. The van der Waals surface area contributed by atoms with E-state index in [0.29, 0.717) is 11.4 Å². The Kier molecular flexibility index (Phi) is 4.86. The van der Waals surface area contributed by atoms with Crippen LogP contribution in [-0.4, -0.2) is 63.9 Å². The van der Waals surface area contributed by atoms with Crippen molar-refractivity contribution >= 4 is 27.0 Å². The first-order chi connectivity index (χ1) is 13.5. The van der Waals surface area contributed by atoms with E-state index in [4.69, 9.17) is 0 Å². The molecule has 0 bridgehead atoms. The first-order valence-electron chi connectivity index (χ1n) is 9.13. The third-order valence-corrected chi connectivity index (χ3v) is 6.84. The molecule has 0 radical (unpaired) electrons. The molecule has 2 aromatic heterocycles. The summed E-state index contributed by atoms with van der Waals surface area (Å²) in [5.74, 6) is 0.415. The maximum atomic E-state index is 13.1. The van der Waals surface area contributed by atoms with E-state index in [0.717, 1.165) is 11.0 Å². The number of imidazole rings is 1. The third kappa shape index (κ3) is 3.38. The van der Waals surface area contributed by atoms with Crippen LogP contribution in [0.25, 0.3) is 11.0 Å². The van der Waals surface area contributed by atoms with E-state index in [1.807, 2.05) is 24.3 Å². The van der Waals surface area contributed by atoms with E-state index in [-0.39, 0.29) is 31.3 Å². The molecule has 1 aliphatic rings. The average Bonchev–Trinajstić information content (AvgIpc) is 3.17. The molecule has 1 fully saturated rings. The zero-order valence-corrected chi connectivity index (χ0v) is 16.3. The van der Waals surface area contributed by atoms with Crippen molar-refractivity contribution in [2.45, 2.75) is 13.0 Å². The number of sulfonamides is 1. The number of amides is 1. The molecule has 4 rings (SSSR count). The highest BCUT2D eigenvalue weighted by Crippen LogP contribution is 2.28. The fraction of sp³-hybridized carbons (Fsp3) is 0.316. The topological polar surface area (TPSA) is 99.3 Å². The molecule has 0 spiro atoms. The lowest BCUT2D eigenvalue weighted by Crippen LogP contribution is -2.52. The van der Waals surface area contributed by atoms with Crippen molar-refractivity contribution in [3.63, 3.8) is 0 Å². The second-order valence-corrected chi connectivity index (χ2v) is 8.91. The average molecular weight is 399 g/mol. The highest BCUT2D eigenvalue weighted by Gasteiger charge is 2.37. The number of benzene rings is 1. The lowest BCUT2D eigenvalue weighted by atomic mass is 10.1. The Bertz CT molecular complexity index is 1060. The molecule has 1 aliphatic heterocycles. The molecular weight excluding hydrogens is 378 g/mol.